The molecule has 1 saturated carbocycles. The summed E-state index contributed by atoms with van der Waals surface area (Å²) in [5.74, 6) is 0.506. The van der Waals surface area contributed by atoms with Crippen LogP contribution in [-0.4, -0.2) is 43.4 Å². The van der Waals surface area contributed by atoms with Gasteiger partial charge in [-0.25, -0.2) is 4.39 Å². The van der Waals surface area contributed by atoms with Gasteiger partial charge in [0.15, 0.2) is 5.78 Å². The highest BCUT2D eigenvalue weighted by atomic mass is 19.1. The van der Waals surface area contributed by atoms with Gasteiger partial charge >= 0.3 is 0 Å². The van der Waals surface area contributed by atoms with Gasteiger partial charge in [0.25, 0.3) is 0 Å². The van der Waals surface area contributed by atoms with Crippen molar-refractivity contribution in [3.8, 4) is 0 Å². The number of hydrogen-bond acceptors (Lipinski definition) is 3. The van der Waals surface area contributed by atoms with Crippen LogP contribution in [0, 0.1) is 11.7 Å². The summed E-state index contributed by atoms with van der Waals surface area (Å²) in [5.41, 5.74) is 1.38. The third kappa shape index (κ3) is 3.01. The van der Waals surface area contributed by atoms with Crippen LogP contribution in [0.15, 0.2) is 18.2 Å². The molecule has 2 aliphatic rings. The topological polar surface area (TPSA) is 23.6 Å². The first-order valence-corrected chi connectivity index (χ1v) is 7.41. The summed E-state index contributed by atoms with van der Waals surface area (Å²) in [6, 6.07) is 4.54. The van der Waals surface area contributed by atoms with Crippen LogP contribution in [0.2, 0.25) is 0 Å². The van der Waals surface area contributed by atoms with Crippen molar-refractivity contribution in [2.75, 3.05) is 37.6 Å². The average molecular weight is 276 g/mol. The summed E-state index contributed by atoms with van der Waals surface area (Å²) in [7, 11) is 0. The largest absolute Gasteiger partial charge is 0.368 e. The zero-order valence-electron chi connectivity index (χ0n) is 11.9. The molecule has 0 radical (unpaired) electrons. The molecule has 0 spiro atoms. The molecular weight excluding hydrogens is 255 g/mol. The Hall–Kier alpha value is -1.42. The normalized spacial score (nSPS) is 20.2. The smallest absolute Gasteiger partial charge is 0.161 e. The fourth-order valence-corrected chi connectivity index (χ4v) is 2.90. The van der Waals surface area contributed by atoms with Gasteiger partial charge in [-0.15, -0.1) is 0 Å². The molecule has 1 heterocycles. The Morgan fingerprint density at radius 2 is 1.95 bits per heavy atom. The second-order valence-electron chi connectivity index (χ2n) is 5.95. The van der Waals surface area contributed by atoms with Crippen LogP contribution in [0.4, 0.5) is 10.1 Å². The standard InChI is InChI=1S/C16H21FN2O/c1-12(20)15-10-14(17)4-5-16(15)19-8-6-18(7-9-19)11-13-2-3-13/h4-5,10,13H,2-3,6-9,11H2,1H3. The molecule has 20 heavy (non-hydrogen) atoms. The molecule has 1 aromatic rings. The quantitative estimate of drug-likeness (QED) is 0.790. The predicted molar refractivity (Wildman–Crippen MR) is 77.8 cm³/mol. The predicted octanol–water partition coefficient (Wildman–Crippen LogP) is 2.56. The van der Waals surface area contributed by atoms with Gasteiger partial charge in [0, 0.05) is 44.0 Å². The molecule has 1 aliphatic carbocycles. The zero-order valence-corrected chi connectivity index (χ0v) is 11.9. The second kappa shape index (κ2) is 5.52. The van der Waals surface area contributed by atoms with Gasteiger partial charge in [0.2, 0.25) is 0 Å². The van der Waals surface area contributed by atoms with Crippen LogP contribution in [0.1, 0.15) is 30.1 Å². The summed E-state index contributed by atoms with van der Waals surface area (Å²) >= 11 is 0. The number of anilines is 1. The average Bonchev–Trinajstić information content (AvgIpc) is 3.24. The Bertz CT molecular complexity index is 505. The van der Waals surface area contributed by atoms with Gasteiger partial charge in [-0.1, -0.05) is 0 Å². The summed E-state index contributed by atoms with van der Waals surface area (Å²) in [4.78, 5) is 16.4. The SMILES string of the molecule is CC(=O)c1cc(F)ccc1N1CCN(CC2CC2)CC1. The van der Waals surface area contributed by atoms with Crippen molar-refractivity contribution < 1.29 is 9.18 Å². The molecule has 0 atom stereocenters. The van der Waals surface area contributed by atoms with E-state index in [0.29, 0.717) is 5.56 Å². The minimum absolute atomic E-state index is 0.0695. The molecule has 108 valence electrons. The molecule has 0 N–H and O–H groups in total. The van der Waals surface area contributed by atoms with Gasteiger partial charge in [0.05, 0.1) is 0 Å². The number of carbonyl (C=O) groups excluding carboxylic acids is 1. The van der Waals surface area contributed by atoms with Crippen molar-refractivity contribution in [1.29, 1.82) is 0 Å². The fraction of sp³-hybridized carbons (Fsp3) is 0.562. The number of ketones is 1. The number of Topliss-reactive ketones (excluding diaryl/α,β-unsaturated/α-hetero) is 1. The molecule has 0 amide bonds. The number of hydrogen-bond donors (Lipinski definition) is 0. The summed E-state index contributed by atoms with van der Waals surface area (Å²) in [6.45, 7) is 6.62. The maximum Gasteiger partial charge on any atom is 0.161 e. The Labute approximate surface area is 119 Å². The van der Waals surface area contributed by atoms with Crippen molar-refractivity contribution >= 4 is 11.5 Å². The van der Waals surface area contributed by atoms with E-state index in [4.69, 9.17) is 0 Å². The third-order valence-electron chi connectivity index (χ3n) is 4.26. The Kier molecular flexibility index (Phi) is 3.74. The molecular formula is C16H21FN2O. The Morgan fingerprint density at radius 1 is 1.25 bits per heavy atom. The lowest BCUT2D eigenvalue weighted by molar-refractivity contribution is 0.101. The van der Waals surface area contributed by atoms with E-state index in [0.717, 1.165) is 37.8 Å². The van der Waals surface area contributed by atoms with Gasteiger partial charge in [-0.05, 0) is 43.9 Å². The monoisotopic (exact) mass is 276 g/mol. The number of carbonyl (C=O) groups is 1. The molecule has 3 nitrogen and oxygen atoms in total. The molecule has 3 rings (SSSR count). The Morgan fingerprint density at radius 3 is 2.55 bits per heavy atom. The molecule has 4 heteroatoms. The lowest BCUT2D eigenvalue weighted by atomic mass is 10.1. The van der Waals surface area contributed by atoms with Crippen molar-refractivity contribution in [2.24, 2.45) is 5.92 Å². The molecule has 0 unspecified atom stereocenters. The lowest BCUT2D eigenvalue weighted by Gasteiger charge is -2.36. The number of piperazine rings is 1. The number of benzene rings is 1. The lowest BCUT2D eigenvalue weighted by Crippen LogP contribution is -2.47. The first kappa shape index (κ1) is 13.6. The van der Waals surface area contributed by atoms with Crippen LogP contribution in [0.3, 0.4) is 0 Å². The van der Waals surface area contributed by atoms with Crippen LogP contribution in [-0.2, 0) is 0 Å². The molecule has 1 saturated heterocycles. The van der Waals surface area contributed by atoms with Gasteiger partial charge < -0.3 is 4.90 Å². The fourth-order valence-electron chi connectivity index (χ4n) is 2.90. The maximum atomic E-state index is 13.3. The highest BCUT2D eigenvalue weighted by Gasteiger charge is 2.27. The van der Waals surface area contributed by atoms with Crippen molar-refractivity contribution in [3.05, 3.63) is 29.6 Å². The van der Waals surface area contributed by atoms with Crippen molar-refractivity contribution in [1.82, 2.24) is 4.90 Å². The van der Waals surface area contributed by atoms with E-state index >= 15 is 0 Å². The van der Waals surface area contributed by atoms with E-state index in [1.54, 1.807) is 6.07 Å². The summed E-state index contributed by atoms with van der Waals surface area (Å²) in [6.07, 6.45) is 2.76. The Balaban J connectivity index is 1.69. The van der Waals surface area contributed by atoms with Crippen molar-refractivity contribution in [2.45, 2.75) is 19.8 Å². The minimum Gasteiger partial charge on any atom is -0.368 e. The molecule has 1 aliphatic heterocycles. The van der Waals surface area contributed by atoms with E-state index in [1.807, 2.05) is 0 Å². The minimum atomic E-state index is -0.341. The van der Waals surface area contributed by atoms with Crippen molar-refractivity contribution in [3.63, 3.8) is 0 Å². The van der Waals surface area contributed by atoms with Gasteiger partial charge in [0.1, 0.15) is 5.82 Å². The zero-order chi connectivity index (χ0) is 14.1. The van der Waals surface area contributed by atoms with E-state index in [9.17, 15) is 9.18 Å². The summed E-state index contributed by atoms with van der Waals surface area (Å²) in [5, 5.41) is 0. The molecule has 2 fully saturated rings. The third-order valence-corrected chi connectivity index (χ3v) is 4.26. The number of halogens is 1. The van der Waals surface area contributed by atoms with E-state index in [-0.39, 0.29) is 11.6 Å². The van der Waals surface area contributed by atoms with Crippen LogP contribution >= 0.6 is 0 Å². The van der Waals surface area contributed by atoms with E-state index in [2.05, 4.69) is 9.80 Å². The summed E-state index contributed by atoms with van der Waals surface area (Å²) < 4.78 is 13.3. The van der Waals surface area contributed by atoms with E-state index in [1.165, 1.54) is 38.4 Å². The molecule has 1 aromatic carbocycles. The maximum absolute atomic E-state index is 13.3. The van der Waals surface area contributed by atoms with Gasteiger partial charge in [-0.3, -0.25) is 9.69 Å². The van der Waals surface area contributed by atoms with E-state index < -0.39 is 0 Å². The van der Waals surface area contributed by atoms with Crippen LogP contribution < -0.4 is 4.90 Å². The first-order chi connectivity index (χ1) is 9.63. The second-order valence-corrected chi connectivity index (χ2v) is 5.95. The first-order valence-electron chi connectivity index (χ1n) is 7.41. The van der Waals surface area contributed by atoms with Gasteiger partial charge in [-0.2, -0.15) is 0 Å². The van der Waals surface area contributed by atoms with Crippen LogP contribution in [0.25, 0.3) is 0 Å². The van der Waals surface area contributed by atoms with Crippen LogP contribution in [0.5, 0.6) is 0 Å². The molecule has 0 bridgehead atoms. The molecule has 0 aromatic heterocycles. The number of nitrogens with zero attached hydrogens (tertiary/aromatic N) is 2. The highest BCUT2D eigenvalue weighted by Crippen LogP contribution is 2.30. The highest BCUT2D eigenvalue weighted by molar-refractivity contribution is 5.99. The number of rotatable bonds is 4.